The van der Waals surface area contributed by atoms with Gasteiger partial charge in [-0.3, -0.25) is 4.79 Å². The molecule has 1 saturated heterocycles. The van der Waals surface area contributed by atoms with Crippen molar-refractivity contribution in [3.05, 3.63) is 83.6 Å². The second-order valence-electron chi connectivity index (χ2n) is 7.10. The maximum Gasteiger partial charge on any atom is 0.247 e. The van der Waals surface area contributed by atoms with Crippen molar-refractivity contribution in [3.63, 3.8) is 0 Å². The summed E-state index contributed by atoms with van der Waals surface area (Å²) in [5.74, 6) is 0.0271. The van der Waals surface area contributed by atoms with Gasteiger partial charge in [0.25, 0.3) is 0 Å². The molecule has 144 valence electrons. The van der Waals surface area contributed by atoms with Crippen molar-refractivity contribution >= 4 is 33.5 Å². The molecule has 0 bridgehead atoms. The number of amides is 1. The topological polar surface area (TPSA) is 51.0 Å². The molecule has 1 aliphatic rings. The summed E-state index contributed by atoms with van der Waals surface area (Å²) in [6.07, 6.45) is 9.15. The minimum absolute atomic E-state index is 0.0271. The smallest absolute Gasteiger partial charge is 0.247 e. The molecule has 1 unspecified atom stereocenters. The minimum atomic E-state index is 0.0271. The molecule has 6 heteroatoms. The van der Waals surface area contributed by atoms with E-state index >= 15 is 0 Å². The third-order valence-corrected chi connectivity index (χ3v) is 6.31. The van der Waals surface area contributed by atoms with Crippen molar-refractivity contribution < 1.29 is 4.79 Å². The molecule has 0 saturated carbocycles. The van der Waals surface area contributed by atoms with Gasteiger partial charge >= 0.3 is 0 Å². The average molecular weight is 401 g/mol. The van der Waals surface area contributed by atoms with Gasteiger partial charge in [-0.05, 0) is 43.2 Å². The summed E-state index contributed by atoms with van der Waals surface area (Å²) in [7, 11) is 0. The van der Waals surface area contributed by atoms with Gasteiger partial charge in [-0.2, -0.15) is 5.10 Å². The molecule has 29 heavy (non-hydrogen) atoms. The quantitative estimate of drug-likeness (QED) is 0.460. The largest absolute Gasteiger partial charge is 0.330 e. The number of carbonyl (C=O) groups is 1. The first kappa shape index (κ1) is 17.8. The van der Waals surface area contributed by atoms with Crippen LogP contribution in [0.2, 0.25) is 0 Å². The number of benzene rings is 2. The van der Waals surface area contributed by atoms with Crippen LogP contribution in [0.15, 0.2) is 73.1 Å². The molecule has 3 heterocycles. The zero-order valence-corrected chi connectivity index (χ0v) is 16.6. The lowest BCUT2D eigenvalue weighted by atomic mass is 10.2. The lowest BCUT2D eigenvalue weighted by Crippen LogP contribution is -2.28. The number of carbonyl (C=O) groups excluding carboxylic acids is 1. The van der Waals surface area contributed by atoms with Crippen molar-refractivity contribution in [1.82, 2.24) is 19.7 Å². The molecule has 5 nitrogen and oxygen atoms in total. The summed E-state index contributed by atoms with van der Waals surface area (Å²) in [6, 6.07) is 18.1. The summed E-state index contributed by atoms with van der Waals surface area (Å²) in [5.41, 5.74) is 2.91. The zero-order chi connectivity index (χ0) is 19.6. The summed E-state index contributed by atoms with van der Waals surface area (Å²) in [5, 5.41) is 5.41. The van der Waals surface area contributed by atoms with Crippen LogP contribution < -0.4 is 0 Å². The molecule has 4 aromatic rings. The van der Waals surface area contributed by atoms with Gasteiger partial charge in [0.1, 0.15) is 5.01 Å². The van der Waals surface area contributed by atoms with Crippen LogP contribution >= 0.6 is 11.3 Å². The molecule has 2 aromatic heterocycles. The SMILES string of the molecule is O=C(/C=C/c1cnn(-c2ccccc2)c1)N1CCCC1c1nc2ccccc2s1. The highest BCUT2D eigenvalue weighted by Gasteiger charge is 2.31. The van der Waals surface area contributed by atoms with Crippen molar-refractivity contribution in [2.75, 3.05) is 6.54 Å². The highest BCUT2D eigenvalue weighted by molar-refractivity contribution is 7.18. The number of aromatic nitrogens is 3. The highest BCUT2D eigenvalue weighted by atomic mass is 32.1. The molecular formula is C23H20N4OS. The molecule has 5 rings (SSSR count). The van der Waals surface area contributed by atoms with Crippen LogP contribution in [0, 0.1) is 0 Å². The predicted octanol–water partition coefficient (Wildman–Crippen LogP) is 4.86. The molecule has 0 spiro atoms. The molecule has 1 aliphatic heterocycles. The van der Waals surface area contributed by atoms with Crippen molar-refractivity contribution in [3.8, 4) is 5.69 Å². The lowest BCUT2D eigenvalue weighted by molar-refractivity contribution is -0.126. The number of hydrogen-bond donors (Lipinski definition) is 0. The Hall–Kier alpha value is -3.25. The van der Waals surface area contributed by atoms with E-state index in [0.717, 1.165) is 41.2 Å². The van der Waals surface area contributed by atoms with Gasteiger partial charge in [-0.1, -0.05) is 30.3 Å². The summed E-state index contributed by atoms with van der Waals surface area (Å²) in [4.78, 5) is 19.6. The second-order valence-corrected chi connectivity index (χ2v) is 8.16. The van der Waals surface area contributed by atoms with E-state index in [0.29, 0.717) is 0 Å². The van der Waals surface area contributed by atoms with Gasteiger partial charge in [0.2, 0.25) is 5.91 Å². The van der Waals surface area contributed by atoms with Crippen LogP contribution in [0.25, 0.3) is 22.0 Å². The first-order chi connectivity index (χ1) is 14.3. The Morgan fingerprint density at radius 1 is 1.10 bits per heavy atom. The van der Waals surface area contributed by atoms with E-state index < -0.39 is 0 Å². The number of likely N-dealkylation sites (tertiary alicyclic amines) is 1. The van der Waals surface area contributed by atoms with Crippen LogP contribution in [0.1, 0.15) is 29.5 Å². The van der Waals surface area contributed by atoms with Crippen LogP contribution in [0.4, 0.5) is 0 Å². The molecule has 0 radical (unpaired) electrons. The van der Waals surface area contributed by atoms with E-state index in [1.165, 1.54) is 4.70 Å². The number of para-hydroxylation sites is 2. The van der Waals surface area contributed by atoms with Gasteiger partial charge < -0.3 is 4.90 Å². The van der Waals surface area contributed by atoms with Gasteiger partial charge in [0.05, 0.1) is 28.1 Å². The van der Waals surface area contributed by atoms with Crippen LogP contribution in [0.3, 0.4) is 0 Å². The molecule has 1 atom stereocenters. The highest BCUT2D eigenvalue weighted by Crippen LogP contribution is 2.36. The molecule has 0 aliphatic carbocycles. The normalized spacial score (nSPS) is 16.8. The van der Waals surface area contributed by atoms with Gasteiger partial charge in [-0.15, -0.1) is 11.3 Å². The molecule has 1 fully saturated rings. The standard InChI is InChI=1S/C23H20N4OS/c28-22(13-12-17-15-24-27(16-17)18-7-2-1-3-8-18)26-14-6-10-20(26)23-25-19-9-4-5-11-21(19)29-23/h1-5,7-9,11-13,15-16,20H,6,10,14H2/b13-12+. The van der Waals surface area contributed by atoms with Crippen LogP contribution in [0.5, 0.6) is 0 Å². The summed E-state index contributed by atoms with van der Waals surface area (Å²) < 4.78 is 2.98. The summed E-state index contributed by atoms with van der Waals surface area (Å²) >= 11 is 1.69. The minimum Gasteiger partial charge on any atom is -0.330 e. The number of thiazole rings is 1. The van der Waals surface area contributed by atoms with E-state index in [1.54, 1.807) is 23.6 Å². The average Bonchev–Trinajstić information content (AvgIpc) is 3.51. The van der Waals surface area contributed by atoms with E-state index in [-0.39, 0.29) is 11.9 Å². The van der Waals surface area contributed by atoms with Crippen molar-refractivity contribution in [2.45, 2.75) is 18.9 Å². The maximum atomic E-state index is 12.9. The van der Waals surface area contributed by atoms with Crippen molar-refractivity contribution in [1.29, 1.82) is 0 Å². The Balaban J connectivity index is 1.33. The number of hydrogen-bond acceptors (Lipinski definition) is 4. The fourth-order valence-electron chi connectivity index (χ4n) is 3.73. The third kappa shape index (κ3) is 3.59. The monoisotopic (exact) mass is 400 g/mol. The van der Waals surface area contributed by atoms with E-state index in [1.807, 2.05) is 70.4 Å². The van der Waals surface area contributed by atoms with Gasteiger partial charge in [0.15, 0.2) is 0 Å². The Morgan fingerprint density at radius 3 is 2.79 bits per heavy atom. The van der Waals surface area contributed by atoms with Crippen LogP contribution in [-0.2, 0) is 4.79 Å². The predicted molar refractivity (Wildman–Crippen MR) is 116 cm³/mol. The van der Waals surface area contributed by atoms with Crippen LogP contribution in [-0.4, -0.2) is 32.1 Å². The lowest BCUT2D eigenvalue weighted by Gasteiger charge is -2.21. The van der Waals surface area contributed by atoms with E-state index in [2.05, 4.69) is 11.2 Å². The second kappa shape index (κ2) is 7.64. The number of nitrogens with zero attached hydrogens (tertiary/aromatic N) is 4. The Bertz CT molecular complexity index is 1140. The molecule has 1 amide bonds. The Labute approximate surface area is 172 Å². The fourth-order valence-corrected chi connectivity index (χ4v) is 4.84. The van der Waals surface area contributed by atoms with E-state index in [9.17, 15) is 4.79 Å². The van der Waals surface area contributed by atoms with Gasteiger partial charge in [-0.25, -0.2) is 9.67 Å². The summed E-state index contributed by atoms with van der Waals surface area (Å²) in [6.45, 7) is 0.771. The van der Waals surface area contributed by atoms with Crippen molar-refractivity contribution in [2.24, 2.45) is 0 Å². The molecule has 0 N–H and O–H groups in total. The first-order valence-corrected chi connectivity index (χ1v) is 10.5. The molecule has 2 aromatic carbocycles. The number of rotatable bonds is 4. The van der Waals surface area contributed by atoms with Gasteiger partial charge in [0, 0.05) is 24.4 Å². The number of fused-ring (bicyclic) bond motifs is 1. The Kier molecular flexibility index (Phi) is 4.69. The Morgan fingerprint density at radius 2 is 1.93 bits per heavy atom. The van der Waals surface area contributed by atoms with E-state index in [4.69, 9.17) is 4.98 Å². The third-order valence-electron chi connectivity index (χ3n) is 5.17. The zero-order valence-electron chi connectivity index (χ0n) is 15.8. The molecular weight excluding hydrogens is 380 g/mol. The first-order valence-electron chi connectivity index (χ1n) is 9.72. The fraction of sp³-hybridized carbons (Fsp3) is 0.174. The maximum absolute atomic E-state index is 12.9.